The van der Waals surface area contributed by atoms with Gasteiger partial charge in [0, 0.05) is 6.42 Å². The lowest BCUT2D eigenvalue weighted by molar-refractivity contribution is -0.870. The molecular formula is C60H117N2O6P. The van der Waals surface area contributed by atoms with E-state index in [4.69, 9.17) is 9.05 Å². The van der Waals surface area contributed by atoms with Crippen LogP contribution < -0.4 is 10.2 Å². The molecule has 0 fully saturated rings. The molecule has 0 aliphatic carbocycles. The molecule has 3 atom stereocenters. The van der Waals surface area contributed by atoms with Crippen LogP contribution in [0.15, 0.2) is 36.5 Å². The van der Waals surface area contributed by atoms with Gasteiger partial charge in [-0.05, 0) is 51.4 Å². The van der Waals surface area contributed by atoms with E-state index in [1.807, 2.05) is 27.2 Å². The second kappa shape index (κ2) is 51.6. The first-order valence-corrected chi connectivity index (χ1v) is 31.3. The number of nitrogens with zero attached hydrogens (tertiary/aromatic N) is 1. The molecule has 2 N–H and O–H groups in total. The van der Waals surface area contributed by atoms with Crippen LogP contribution in [-0.2, 0) is 18.4 Å². The van der Waals surface area contributed by atoms with Crippen molar-refractivity contribution in [3.05, 3.63) is 36.5 Å². The Balaban J connectivity index is 4.18. The van der Waals surface area contributed by atoms with Gasteiger partial charge in [0.1, 0.15) is 13.2 Å². The summed E-state index contributed by atoms with van der Waals surface area (Å²) >= 11 is 0. The first-order valence-electron chi connectivity index (χ1n) is 29.9. The molecule has 0 aromatic carbocycles. The Kier molecular flexibility index (Phi) is 50.7. The summed E-state index contributed by atoms with van der Waals surface area (Å²) in [7, 11) is 1.27. The number of rotatable bonds is 55. The Bertz CT molecular complexity index is 1220. The zero-order valence-electron chi connectivity index (χ0n) is 46.5. The summed E-state index contributed by atoms with van der Waals surface area (Å²) < 4.78 is 23.4. The SMILES string of the molecule is CCCCCCCCCCC/C=C\C/C=C\CCCCCCCCCCCCCC(=O)NC(COP(=O)([O-])OCC[N+](C)(C)C)C(O)/C=C/CCCCCCCCCCCCCCCCCCCC. The number of phosphoric acid groups is 1. The maximum absolute atomic E-state index is 13.0. The number of carbonyl (C=O) groups is 1. The average molecular weight is 994 g/mol. The van der Waals surface area contributed by atoms with Crippen LogP contribution in [-0.4, -0.2) is 68.5 Å². The van der Waals surface area contributed by atoms with Crippen LogP contribution in [0.2, 0.25) is 0 Å². The van der Waals surface area contributed by atoms with E-state index in [1.54, 1.807) is 6.08 Å². The highest BCUT2D eigenvalue weighted by atomic mass is 31.2. The molecule has 0 bridgehead atoms. The van der Waals surface area contributed by atoms with Gasteiger partial charge in [-0.1, -0.05) is 269 Å². The van der Waals surface area contributed by atoms with Crippen molar-refractivity contribution in [3.63, 3.8) is 0 Å². The van der Waals surface area contributed by atoms with Crippen molar-refractivity contribution in [3.8, 4) is 0 Å². The molecule has 0 radical (unpaired) electrons. The topological polar surface area (TPSA) is 108 Å². The molecule has 9 heteroatoms. The number of nitrogens with one attached hydrogen (secondary N) is 1. The van der Waals surface area contributed by atoms with Gasteiger partial charge in [-0.2, -0.15) is 0 Å². The fourth-order valence-corrected chi connectivity index (χ4v) is 9.61. The lowest BCUT2D eigenvalue weighted by atomic mass is 10.0. The van der Waals surface area contributed by atoms with Gasteiger partial charge >= 0.3 is 0 Å². The van der Waals surface area contributed by atoms with Crippen molar-refractivity contribution in [1.29, 1.82) is 0 Å². The maximum Gasteiger partial charge on any atom is 0.268 e. The van der Waals surface area contributed by atoms with Crippen LogP contribution in [0.25, 0.3) is 0 Å². The van der Waals surface area contributed by atoms with E-state index in [0.717, 1.165) is 44.9 Å². The van der Waals surface area contributed by atoms with Gasteiger partial charge in [0.2, 0.25) is 5.91 Å². The van der Waals surface area contributed by atoms with Crippen molar-refractivity contribution in [2.24, 2.45) is 0 Å². The van der Waals surface area contributed by atoms with Crippen LogP contribution in [0.3, 0.4) is 0 Å². The van der Waals surface area contributed by atoms with Crippen molar-refractivity contribution >= 4 is 13.7 Å². The summed E-state index contributed by atoms with van der Waals surface area (Å²) in [6.45, 7) is 4.68. The standard InChI is InChI=1S/C60H117N2O6P/c1-6-8-10-12-14-16-18-20-22-24-26-28-29-30-31-32-33-34-36-38-40-42-44-46-48-50-52-54-60(64)61-58(57-68-69(65,66)67-56-55-62(3,4)5)59(63)53-51-49-47-45-43-41-39-37-35-27-25-23-21-19-17-15-13-11-9-7-2/h26,28,30-31,51,53,58-59,63H,6-25,27,29,32-50,52,54-57H2,1-5H3,(H-,61,64,65,66)/b28-26-,31-30-,53-51+. The number of carbonyl (C=O) groups excluding carboxylic acids is 1. The predicted octanol–water partition coefficient (Wildman–Crippen LogP) is 17.5. The van der Waals surface area contributed by atoms with E-state index in [1.165, 1.54) is 225 Å². The van der Waals surface area contributed by atoms with Gasteiger partial charge in [-0.25, -0.2) is 0 Å². The van der Waals surface area contributed by atoms with Crippen LogP contribution >= 0.6 is 7.82 Å². The fraction of sp³-hybridized carbons (Fsp3) is 0.883. The first kappa shape index (κ1) is 67.7. The minimum absolute atomic E-state index is 0.000748. The van der Waals surface area contributed by atoms with Gasteiger partial charge in [0.25, 0.3) is 7.82 Å². The second-order valence-corrected chi connectivity index (χ2v) is 23.1. The van der Waals surface area contributed by atoms with Gasteiger partial charge in [0.15, 0.2) is 0 Å². The lowest BCUT2D eigenvalue weighted by Gasteiger charge is -2.29. The van der Waals surface area contributed by atoms with E-state index in [0.29, 0.717) is 17.4 Å². The molecule has 1 amide bonds. The quantitative estimate of drug-likeness (QED) is 0.0272. The Morgan fingerprint density at radius 3 is 1.20 bits per heavy atom. The molecule has 0 rings (SSSR count). The second-order valence-electron chi connectivity index (χ2n) is 21.7. The third-order valence-electron chi connectivity index (χ3n) is 13.6. The molecule has 0 aromatic heterocycles. The number of hydrogen-bond acceptors (Lipinski definition) is 6. The van der Waals surface area contributed by atoms with E-state index < -0.39 is 20.0 Å². The maximum atomic E-state index is 13.0. The Morgan fingerprint density at radius 1 is 0.507 bits per heavy atom. The molecule has 0 aromatic rings. The van der Waals surface area contributed by atoms with Crippen molar-refractivity contribution in [1.82, 2.24) is 5.32 Å². The molecular weight excluding hydrogens is 876 g/mol. The summed E-state index contributed by atoms with van der Waals surface area (Å²) in [5.74, 6) is -0.196. The number of aliphatic hydroxyl groups excluding tert-OH is 1. The normalized spacial score (nSPS) is 14.1. The molecule has 0 heterocycles. The summed E-state index contributed by atoms with van der Waals surface area (Å²) in [6, 6.07) is -0.888. The van der Waals surface area contributed by atoms with Crippen LogP contribution in [0.1, 0.15) is 290 Å². The number of unbranched alkanes of at least 4 members (excludes halogenated alkanes) is 38. The van der Waals surface area contributed by atoms with E-state index >= 15 is 0 Å². The van der Waals surface area contributed by atoms with E-state index in [-0.39, 0.29) is 19.1 Å². The summed E-state index contributed by atoms with van der Waals surface area (Å²) in [5.41, 5.74) is 0. The Hall–Kier alpha value is -1.28. The number of phosphoric ester groups is 1. The lowest BCUT2D eigenvalue weighted by Crippen LogP contribution is -2.45. The summed E-state index contributed by atoms with van der Waals surface area (Å²) in [4.78, 5) is 25.5. The highest BCUT2D eigenvalue weighted by Gasteiger charge is 2.23. The minimum atomic E-state index is -4.60. The zero-order chi connectivity index (χ0) is 50.6. The van der Waals surface area contributed by atoms with Crippen molar-refractivity contribution in [2.75, 3.05) is 40.9 Å². The first-order chi connectivity index (χ1) is 33.5. The highest BCUT2D eigenvalue weighted by Crippen LogP contribution is 2.38. The molecule has 3 unspecified atom stereocenters. The summed E-state index contributed by atoms with van der Waals surface area (Å²) in [6.07, 6.45) is 66.5. The molecule has 408 valence electrons. The van der Waals surface area contributed by atoms with E-state index in [9.17, 15) is 19.4 Å². The van der Waals surface area contributed by atoms with Gasteiger partial charge in [-0.3, -0.25) is 9.36 Å². The van der Waals surface area contributed by atoms with Crippen molar-refractivity contribution < 1.29 is 32.9 Å². The number of likely N-dealkylation sites (N-methyl/N-ethyl adjacent to an activating group) is 1. The van der Waals surface area contributed by atoms with Crippen LogP contribution in [0.4, 0.5) is 0 Å². The van der Waals surface area contributed by atoms with Crippen LogP contribution in [0, 0.1) is 0 Å². The summed E-state index contributed by atoms with van der Waals surface area (Å²) in [5, 5.41) is 13.9. The monoisotopic (exact) mass is 993 g/mol. The molecule has 69 heavy (non-hydrogen) atoms. The van der Waals surface area contributed by atoms with Gasteiger partial charge in [0.05, 0.1) is 39.9 Å². The highest BCUT2D eigenvalue weighted by molar-refractivity contribution is 7.45. The number of amides is 1. The molecule has 0 saturated heterocycles. The molecule has 0 saturated carbocycles. The molecule has 8 nitrogen and oxygen atoms in total. The van der Waals surface area contributed by atoms with Crippen molar-refractivity contribution in [2.45, 2.75) is 302 Å². The van der Waals surface area contributed by atoms with Crippen LogP contribution in [0.5, 0.6) is 0 Å². The fourth-order valence-electron chi connectivity index (χ4n) is 8.89. The number of quaternary nitrogens is 1. The average Bonchev–Trinajstić information content (AvgIpc) is 3.31. The third kappa shape index (κ3) is 54.3. The minimum Gasteiger partial charge on any atom is -0.756 e. The Morgan fingerprint density at radius 2 is 0.841 bits per heavy atom. The molecule has 0 aliphatic heterocycles. The van der Waals surface area contributed by atoms with Gasteiger partial charge in [-0.15, -0.1) is 0 Å². The van der Waals surface area contributed by atoms with Gasteiger partial charge < -0.3 is 28.8 Å². The third-order valence-corrected chi connectivity index (χ3v) is 14.6. The number of hydrogen-bond donors (Lipinski definition) is 2. The molecule has 0 aliphatic rings. The smallest absolute Gasteiger partial charge is 0.268 e. The zero-order valence-corrected chi connectivity index (χ0v) is 47.4. The largest absolute Gasteiger partial charge is 0.756 e. The number of aliphatic hydroxyl groups is 1. The van der Waals surface area contributed by atoms with E-state index in [2.05, 4.69) is 43.5 Å². The number of allylic oxidation sites excluding steroid dienone is 5. The molecule has 0 spiro atoms. The Labute approximate surface area is 429 Å². The predicted molar refractivity (Wildman–Crippen MR) is 298 cm³/mol.